The van der Waals surface area contributed by atoms with Crippen molar-refractivity contribution < 1.29 is 31.9 Å². The van der Waals surface area contributed by atoms with Gasteiger partial charge in [-0.2, -0.15) is 13.2 Å². The molecule has 8 heteroatoms. The number of amides is 1. The molecule has 0 aliphatic carbocycles. The van der Waals surface area contributed by atoms with Gasteiger partial charge in [0.05, 0.1) is 12.1 Å². The number of methoxy groups -OCH3 is 1. The van der Waals surface area contributed by atoms with Gasteiger partial charge in [0.25, 0.3) is 5.91 Å². The number of ether oxygens (including phenoxy) is 2. The Morgan fingerprint density at radius 1 is 1.25 bits per heavy atom. The molecule has 0 saturated carbocycles. The minimum Gasteiger partial charge on any atom is -0.492 e. The standard InChI is InChI=1S/C16H16F3NO4/c1-22-10-13-5-6-14(24-13)15(21)20-7-8-23-12-4-2-3-11(9-12)16(17,18)19/h2-6,9H,7-8,10H2,1H3,(H,20,21). The second-order valence-electron chi connectivity index (χ2n) is 4.83. The molecule has 0 fully saturated rings. The van der Waals surface area contributed by atoms with Crippen molar-refractivity contribution >= 4 is 5.91 Å². The second kappa shape index (κ2) is 7.87. The number of furan rings is 1. The molecule has 1 N–H and O–H groups in total. The highest BCUT2D eigenvalue weighted by Crippen LogP contribution is 2.31. The van der Waals surface area contributed by atoms with Gasteiger partial charge in [-0.05, 0) is 30.3 Å². The Kier molecular flexibility index (Phi) is 5.86. The van der Waals surface area contributed by atoms with Crippen LogP contribution in [0.2, 0.25) is 0 Å². The molecule has 0 aliphatic heterocycles. The number of benzene rings is 1. The van der Waals surface area contributed by atoms with Gasteiger partial charge < -0.3 is 19.2 Å². The van der Waals surface area contributed by atoms with Crippen LogP contribution < -0.4 is 10.1 Å². The second-order valence-corrected chi connectivity index (χ2v) is 4.83. The van der Waals surface area contributed by atoms with Gasteiger partial charge in [-0.1, -0.05) is 6.07 Å². The van der Waals surface area contributed by atoms with E-state index in [1.807, 2.05) is 0 Å². The van der Waals surface area contributed by atoms with E-state index in [1.54, 1.807) is 6.07 Å². The number of alkyl halides is 3. The van der Waals surface area contributed by atoms with Crippen LogP contribution in [0.5, 0.6) is 5.75 Å². The van der Waals surface area contributed by atoms with Crippen LogP contribution in [-0.4, -0.2) is 26.2 Å². The number of hydrogen-bond donors (Lipinski definition) is 1. The van der Waals surface area contributed by atoms with Crippen molar-refractivity contribution in [2.24, 2.45) is 0 Å². The molecular formula is C16H16F3NO4. The molecular weight excluding hydrogens is 327 g/mol. The summed E-state index contributed by atoms with van der Waals surface area (Å²) in [7, 11) is 1.51. The van der Waals surface area contributed by atoms with Crippen molar-refractivity contribution in [1.29, 1.82) is 0 Å². The van der Waals surface area contributed by atoms with Gasteiger partial charge >= 0.3 is 6.18 Å². The third-order valence-corrected chi connectivity index (χ3v) is 2.99. The van der Waals surface area contributed by atoms with Gasteiger partial charge in [-0.15, -0.1) is 0 Å². The fraction of sp³-hybridized carbons (Fsp3) is 0.312. The Hall–Kier alpha value is -2.48. The van der Waals surface area contributed by atoms with E-state index in [2.05, 4.69) is 5.32 Å². The summed E-state index contributed by atoms with van der Waals surface area (Å²) in [5.41, 5.74) is -0.787. The number of nitrogens with one attached hydrogen (secondary N) is 1. The first kappa shape index (κ1) is 17.9. The number of carbonyl (C=O) groups is 1. The van der Waals surface area contributed by atoms with E-state index in [9.17, 15) is 18.0 Å². The van der Waals surface area contributed by atoms with Crippen LogP contribution in [0.15, 0.2) is 40.8 Å². The summed E-state index contributed by atoms with van der Waals surface area (Å²) >= 11 is 0. The highest BCUT2D eigenvalue weighted by molar-refractivity contribution is 5.91. The Bertz CT molecular complexity index is 682. The first-order valence-corrected chi connectivity index (χ1v) is 7.06. The van der Waals surface area contributed by atoms with Gasteiger partial charge in [-0.3, -0.25) is 4.79 Å². The van der Waals surface area contributed by atoms with Crippen molar-refractivity contribution in [1.82, 2.24) is 5.32 Å². The van der Waals surface area contributed by atoms with E-state index < -0.39 is 17.6 Å². The lowest BCUT2D eigenvalue weighted by Crippen LogP contribution is -2.27. The minimum absolute atomic E-state index is 0.0265. The van der Waals surface area contributed by atoms with Crippen LogP contribution in [-0.2, 0) is 17.5 Å². The van der Waals surface area contributed by atoms with Crippen LogP contribution in [0.25, 0.3) is 0 Å². The smallest absolute Gasteiger partial charge is 0.416 e. The maximum atomic E-state index is 12.6. The topological polar surface area (TPSA) is 60.7 Å². The fourth-order valence-electron chi connectivity index (χ4n) is 1.90. The summed E-state index contributed by atoms with van der Waals surface area (Å²) in [4.78, 5) is 11.8. The molecule has 1 amide bonds. The summed E-state index contributed by atoms with van der Waals surface area (Å²) in [6, 6.07) is 7.68. The molecule has 0 bridgehead atoms. The summed E-state index contributed by atoms with van der Waals surface area (Å²) in [6.45, 7) is 0.403. The van der Waals surface area contributed by atoms with E-state index in [4.69, 9.17) is 13.9 Å². The van der Waals surface area contributed by atoms with Crippen LogP contribution >= 0.6 is 0 Å². The summed E-state index contributed by atoms with van der Waals surface area (Å²) in [6.07, 6.45) is -4.42. The number of carbonyl (C=O) groups excluding carboxylic acids is 1. The molecule has 0 unspecified atom stereocenters. The quantitative estimate of drug-likeness (QED) is 0.784. The molecule has 2 aromatic rings. The molecule has 0 atom stereocenters. The molecule has 0 aliphatic rings. The Morgan fingerprint density at radius 2 is 2.04 bits per heavy atom. The van der Waals surface area contributed by atoms with Gasteiger partial charge in [0.15, 0.2) is 5.76 Å². The van der Waals surface area contributed by atoms with Gasteiger partial charge in [-0.25, -0.2) is 0 Å². The fourth-order valence-corrected chi connectivity index (χ4v) is 1.90. The normalized spacial score (nSPS) is 11.3. The van der Waals surface area contributed by atoms with Crippen LogP contribution in [0.1, 0.15) is 21.9 Å². The van der Waals surface area contributed by atoms with E-state index in [-0.39, 0.29) is 31.3 Å². The molecule has 0 spiro atoms. The molecule has 2 rings (SSSR count). The van der Waals surface area contributed by atoms with Crippen LogP contribution in [0.3, 0.4) is 0 Å². The first-order valence-electron chi connectivity index (χ1n) is 7.06. The van der Waals surface area contributed by atoms with E-state index >= 15 is 0 Å². The molecule has 24 heavy (non-hydrogen) atoms. The molecule has 1 heterocycles. The molecule has 0 saturated heterocycles. The zero-order valence-corrected chi connectivity index (χ0v) is 12.9. The van der Waals surface area contributed by atoms with Gasteiger partial charge in [0.1, 0.15) is 24.7 Å². The monoisotopic (exact) mass is 343 g/mol. The average Bonchev–Trinajstić information content (AvgIpc) is 3.00. The largest absolute Gasteiger partial charge is 0.492 e. The van der Waals surface area contributed by atoms with Crippen molar-refractivity contribution in [3.63, 3.8) is 0 Å². The first-order chi connectivity index (χ1) is 11.4. The average molecular weight is 343 g/mol. The Balaban J connectivity index is 1.79. The van der Waals surface area contributed by atoms with Crippen molar-refractivity contribution in [3.8, 4) is 5.75 Å². The van der Waals surface area contributed by atoms with Gasteiger partial charge in [0.2, 0.25) is 0 Å². The zero-order valence-electron chi connectivity index (χ0n) is 12.9. The number of rotatable bonds is 7. The maximum Gasteiger partial charge on any atom is 0.416 e. The third-order valence-electron chi connectivity index (χ3n) is 2.99. The lowest BCUT2D eigenvalue weighted by molar-refractivity contribution is -0.137. The van der Waals surface area contributed by atoms with Crippen LogP contribution in [0, 0.1) is 0 Å². The minimum atomic E-state index is -4.42. The highest BCUT2D eigenvalue weighted by atomic mass is 19.4. The predicted octanol–water partition coefficient (Wildman–Crippen LogP) is 3.25. The molecule has 0 radical (unpaired) electrons. The summed E-state index contributed by atoms with van der Waals surface area (Å²) < 4.78 is 53.1. The molecule has 1 aromatic heterocycles. The van der Waals surface area contributed by atoms with Crippen LogP contribution in [0.4, 0.5) is 13.2 Å². The summed E-state index contributed by atoms with van der Waals surface area (Å²) in [5.74, 6) is 0.286. The number of hydrogen-bond acceptors (Lipinski definition) is 4. The highest BCUT2D eigenvalue weighted by Gasteiger charge is 2.30. The predicted molar refractivity (Wildman–Crippen MR) is 78.7 cm³/mol. The van der Waals surface area contributed by atoms with E-state index in [0.717, 1.165) is 12.1 Å². The van der Waals surface area contributed by atoms with E-state index in [1.165, 1.54) is 25.3 Å². The SMILES string of the molecule is COCc1ccc(C(=O)NCCOc2cccc(C(F)(F)F)c2)o1. The Morgan fingerprint density at radius 3 is 2.75 bits per heavy atom. The van der Waals surface area contributed by atoms with E-state index in [0.29, 0.717) is 5.76 Å². The molecule has 5 nitrogen and oxygen atoms in total. The zero-order chi connectivity index (χ0) is 17.6. The summed E-state index contributed by atoms with van der Waals surface area (Å²) in [5, 5.41) is 2.55. The number of halogens is 3. The Labute approximate surface area is 136 Å². The van der Waals surface area contributed by atoms with Crippen molar-refractivity contribution in [2.75, 3.05) is 20.3 Å². The maximum absolute atomic E-state index is 12.6. The third kappa shape index (κ3) is 5.02. The van der Waals surface area contributed by atoms with Gasteiger partial charge in [0, 0.05) is 7.11 Å². The molecule has 1 aromatic carbocycles. The van der Waals surface area contributed by atoms with Crippen molar-refractivity contribution in [3.05, 3.63) is 53.5 Å². The van der Waals surface area contributed by atoms with Crippen molar-refractivity contribution in [2.45, 2.75) is 12.8 Å². The molecule has 130 valence electrons. The lowest BCUT2D eigenvalue weighted by atomic mass is 10.2. The lowest BCUT2D eigenvalue weighted by Gasteiger charge is -2.10.